The fourth-order valence-corrected chi connectivity index (χ4v) is 0.861. The summed E-state index contributed by atoms with van der Waals surface area (Å²) < 4.78 is 35.0. The maximum Gasteiger partial charge on any atom is 0.395 e. The second-order valence-corrected chi connectivity index (χ2v) is 2.56. The van der Waals surface area contributed by atoms with Crippen LogP contribution in [-0.4, -0.2) is 23.0 Å². The summed E-state index contributed by atoms with van der Waals surface area (Å²) in [6, 6.07) is 0. The molecule has 0 saturated carbocycles. The zero-order chi connectivity index (χ0) is 10.6. The van der Waals surface area contributed by atoms with E-state index in [1.165, 1.54) is 6.92 Å². The van der Waals surface area contributed by atoms with Crippen LogP contribution in [0.4, 0.5) is 13.2 Å². The van der Waals surface area contributed by atoms with Crippen molar-refractivity contribution < 1.29 is 27.9 Å². The summed E-state index contributed by atoms with van der Waals surface area (Å²) in [5.41, 5.74) is 0. The zero-order valence-corrected chi connectivity index (χ0v) is 6.89. The first-order valence-corrected chi connectivity index (χ1v) is 3.60. The number of carboxylic acid groups (broad SMARTS) is 1. The smallest absolute Gasteiger partial charge is 0.395 e. The Bertz CT molecular complexity index is 210. The number of halogens is 3. The molecule has 0 heterocycles. The van der Waals surface area contributed by atoms with Crippen LogP contribution in [0.5, 0.6) is 0 Å². The third-order valence-corrected chi connectivity index (χ3v) is 1.47. The molecule has 0 radical (unpaired) electrons. The maximum atomic E-state index is 11.7. The standard InChI is InChI=1S/C7H9F3O3/c1-2-4(6(12)13)5(11)3-7(8,9)10/h4H,2-3H2,1H3,(H,12,13). The molecule has 0 rings (SSSR count). The van der Waals surface area contributed by atoms with E-state index in [0.29, 0.717) is 0 Å². The third kappa shape index (κ3) is 4.49. The van der Waals surface area contributed by atoms with E-state index in [1.54, 1.807) is 0 Å². The third-order valence-electron chi connectivity index (χ3n) is 1.47. The molecule has 6 heteroatoms. The number of hydrogen-bond donors (Lipinski definition) is 1. The molecule has 0 aromatic heterocycles. The number of ketones is 1. The van der Waals surface area contributed by atoms with Crippen LogP contribution in [0.3, 0.4) is 0 Å². The van der Waals surface area contributed by atoms with Crippen molar-refractivity contribution in [3.8, 4) is 0 Å². The Balaban J connectivity index is 4.32. The number of alkyl halides is 3. The Morgan fingerprint density at radius 1 is 1.38 bits per heavy atom. The van der Waals surface area contributed by atoms with Gasteiger partial charge in [-0.1, -0.05) is 6.92 Å². The minimum absolute atomic E-state index is 0.121. The van der Waals surface area contributed by atoms with Gasteiger partial charge in [-0.25, -0.2) is 0 Å². The summed E-state index contributed by atoms with van der Waals surface area (Å²) in [5.74, 6) is -4.33. The first-order valence-electron chi connectivity index (χ1n) is 3.60. The summed E-state index contributed by atoms with van der Waals surface area (Å²) in [6.45, 7) is 1.35. The lowest BCUT2D eigenvalue weighted by molar-refractivity contribution is -0.160. The molecule has 0 spiro atoms. The van der Waals surface area contributed by atoms with Gasteiger partial charge in [-0.15, -0.1) is 0 Å². The van der Waals surface area contributed by atoms with Crippen LogP contribution >= 0.6 is 0 Å². The largest absolute Gasteiger partial charge is 0.481 e. The molecule has 0 aliphatic carbocycles. The van der Waals surface area contributed by atoms with E-state index in [-0.39, 0.29) is 6.42 Å². The lowest BCUT2D eigenvalue weighted by Crippen LogP contribution is -2.27. The minimum Gasteiger partial charge on any atom is -0.481 e. The molecule has 0 aliphatic heterocycles. The second kappa shape index (κ2) is 4.25. The number of rotatable bonds is 4. The Kier molecular flexibility index (Phi) is 3.90. The van der Waals surface area contributed by atoms with Gasteiger partial charge in [-0.05, 0) is 6.42 Å². The van der Waals surface area contributed by atoms with Gasteiger partial charge in [0.1, 0.15) is 12.3 Å². The van der Waals surface area contributed by atoms with Crippen molar-refractivity contribution in [3.05, 3.63) is 0 Å². The van der Waals surface area contributed by atoms with Crippen molar-refractivity contribution in [1.82, 2.24) is 0 Å². The van der Waals surface area contributed by atoms with Crippen LogP contribution in [0.1, 0.15) is 19.8 Å². The first kappa shape index (κ1) is 11.9. The van der Waals surface area contributed by atoms with E-state index in [1.807, 2.05) is 0 Å². The molecular weight excluding hydrogens is 189 g/mol. The van der Waals surface area contributed by atoms with Gasteiger partial charge in [-0.2, -0.15) is 13.2 Å². The van der Waals surface area contributed by atoms with E-state index < -0.39 is 30.3 Å². The van der Waals surface area contributed by atoms with E-state index in [9.17, 15) is 22.8 Å². The highest BCUT2D eigenvalue weighted by Crippen LogP contribution is 2.22. The summed E-state index contributed by atoms with van der Waals surface area (Å²) >= 11 is 0. The van der Waals surface area contributed by atoms with Crippen LogP contribution in [-0.2, 0) is 9.59 Å². The molecule has 0 bridgehead atoms. The molecule has 0 aromatic rings. The van der Waals surface area contributed by atoms with Crippen molar-refractivity contribution >= 4 is 11.8 Å². The quantitative estimate of drug-likeness (QED) is 0.698. The monoisotopic (exact) mass is 198 g/mol. The summed E-state index contributed by atoms with van der Waals surface area (Å²) in [4.78, 5) is 21.0. The zero-order valence-electron chi connectivity index (χ0n) is 6.89. The van der Waals surface area contributed by atoms with Gasteiger partial charge in [0.05, 0.1) is 0 Å². The normalized spacial score (nSPS) is 13.8. The van der Waals surface area contributed by atoms with Crippen LogP contribution in [0, 0.1) is 5.92 Å². The van der Waals surface area contributed by atoms with Gasteiger partial charge in [0.2, 0.25) is 0 Å². The number of carboxylic acids is 1. The van der Waals surface area contributed by atoms with Gasteiger partial charge in [0, 0.05) is 0 Å². The Morgan fingerprint density at radius 3 is 2.08 bits per heavy atom. The lowest BCUT2D eigenvalue weighted by atomic mass is 9.99. The second-order valence-electron chi connectivity index (χ2n) is 2.56. The number of Topliss-reactive ketones (excluding diaryl/α,β-unsaturated/α-hetero) is 1. The van der Waals surface area contributed by atoms with E-state index >= 15 is 0 Å². The van der Waals surface area contributed by atoms with E-state index in [4.69, 9.17) is 5.11 Å². The summed E-state index contributed by atoms with van der Waals surface area (Å²) in [7, 11) is 0. The number of carbonyl (C=O) groups is 2. The Hall–Kier alpha value is -1.07. The Morgan fingerprint density at radius 2 is 1.85 bits per heavy atom. The minimum atomic E-state index is -4.63. The fraction of sp³-hybridized carbons (Fsp3) is 0.714. The van der Waals surface area contributed by atoms with Gasteiger partial charge in [-0.3, -0.25) is 9.59 Å². The van der Waals surface area contributed by atoms with Gasteiger partial charge in [0.15, 0.2) is 5.78 Å². The molecule has 0 saturated heterocycles. The Labute approximate surface area is 72.5 Å². The lowest BCUT2D eigenvalue weighted by Gasteiger charge is -2.10. The van der Waals surface area contributed by atoms with Crippen LogP contribution in [0.15, 0.2) is 0 Å². The summed E-state index contributed by atoms with van der Waals surface area (Å²) in [6.07, 6.45) is -6.41. The van der Waals surface area contributed by atoms with Crippen LogP contribution in [0.25, 0.3) is 0 Å². The van der Waals surface area contributed by atoms with Gasteiger partial charge >= 0.3 is 12.1 Å². The van der Waals surface area contributed by atoms with E-state index in [2.05, 4.69) is 0 Å². The van der Waals surface area contributed by atoms with Crippen molar-refractivity contribution in [2.75, 3.05) is 0 Å². The first-order chi connectivity index (χ1) is 5.78. The molecule has 1 atom stereocenters. The molecule has 3 nitrogen and oxygen atoms in total. The van der Waals surface area contributed by atoms with E-state index in [0.717, 1.165) is 0 Å². The number of aliphatic carboxylic acids is 1. The highest BCUT2D eigenvalue weighted by molar-refractivity contribution is 5.98. The average molecular weight is 198 g/mol. The predicted molar refractivity (Wildman–Crippen MR) is 37.1 cm³/mol. The number of hydrogen-bond acceptors (Lipinski definition) is 2. The van der Waals surface area contributed by atoms with Crippen LogP contribution in [0.2, 0.25) is 0 Å². The maximum absolute atomic E-state index is 11.7. The molecule has 13 heavy (non-hydrogen) atoms. The molecule has 0 aliphatic rings. The SMILES string of the molecule is CCC(C(=O)O)C(=O)CC(F)(F)F. The van der Waals surface area contributed by atoms with Crippen molar-refractivity contribution in [1.29, 1.82) is 0 Å². The molecule has 0 fully saturated rings. The number of carbonyl (C=O) groups excluding carboxylic acids is 1. The van der Waals surface area contributed by atoms with Crippen LogP contribution < -0.4 is 0 Å². The average Bonchev–Trinajstić information content (AvgIpc) is 1.82. The van der Waals surface area contributed by atoms with Gasteiger partial charge < -0.3 is 5.11 Å². The van der Waals surface area contributed by atoms with Crippen molar-refractivity contribution in [2.45, 2.75) is 25.9 Å². The molecule has 1 N–H and O–H groups in total. The molecule has 0 amide bonds. The van der Waals surface area contributed by atoms with Crippen molar-refractivity contribution in [2.24, 2.45) is 5.92 Å². The van der Waals surface area contributed by atoms with Crippen molar-refractivity contribution in [3.63, 3.8) is 0 Å². The molecule has 0 aromatic carbocycles. The highest BCUT2D eigenvalue weighted by Gasteiger charge is 2.36. The molecular formula is C7H9F3O3. The fourth-order valence-electron chi connectivity index (χ4n) is 0.861. The van der Waals surface area contributed by atoms with Gasteiger partial charge in [0.25, 0.3) is 0 Å². The topological polar surface area (TPSA) is 54.4 Å². The molecule has 1 unspecified atom stereocenters. The predicted octanol–water partition coefficient (Wildman–Crippen LogP) is 1.62. The highest BCUT2D eigenvalue weighted by atomic mass is 19.4. The summed E-state index contributed by atoms with van der Waals surface area (Å²) in [5, 5.41) is 8.35. The molecule has 76 valence electrons.